The molecular weight excluding hydrogens is 190 g/mol. The molecule has 0 amide bonds. The number of hydrogen-bond acceptors (Lipinski definition) is 3. The average molecular weight is 203 g/mol. The Kier molecular flexibility index (Phi) is 2.83. The maximum Gasteiger partial charge on any atom is 0.145 e. The van der Waals surface area contributed by atoms with E-state index in [1.165, 1.54) is 0 Å². The van der Waals surface area contributed by atoms with E-state index in [0.29, 0.717) is 6.42 Å². The van der Waals surface area contributed by atoms with Crippen LogP contribution >= 0.6 is 0 Å². The highest BCUT2D eigenvalue weighted by atomic mass is 16.5. The number of rotatable bonds is 3. The molecular formula is C12H13NO2. The van der Waals surface area contributed by atoms with E-state index in [1.807, 2.05) is 24.3 Å². The Labute approximate surface area is 88.3 Å². The number of benzene rings is 1. The molecule has 78 valence electrons. The van der Waals surface area contributed by atoms with Crippen LogP contribution in [-0.2, 0) is 6.42 Å². The predicted octanol–water partition coefficient (Wildman–Crippen LogP) is 1.78. The highest BCUT2D eigenvalue weighted by Crippen LogP contribution is 2.26. The van der Waals surface area contributed by atoms with E-state index in [-0.39, 0.29) is 6.61 Å². The zero-order valence-electron chi connectivity index (χ0n) is 8.60. The maximum absolute atomic E-state index is 8.95. The van der Waals surface area contributed by atoms with Crippen molar-refractivity contribution in [3.8, 4) is 5.75 Å². The summed E-state index contributed by atoms with van der Waals surface area (Å²) in [7, 11) is 1.63. The van der Waals surface area contributed by atoms with Crippen LogP contribution in [0.15, 0.2) is 30.5 Å². The van der Waals surface area contributed by atoms with E-state index in [0.717, 1.165) is 22.2 Å². The molecule has 2 rings (SSSR count). The third-order valence-electron chi connectivity index (χ3n) is 2.42. The monoisotopic (exact) mass is 203 g/mol. The van der Waals surface area contributed by atoms with Gasteiger partial charge in [-0.05, 0) is 24.1 Å². The van der Waals surface area contributed by atoms with E-state index in [2.05, 4.69) is 4.98 Å². The molecule has 0 fully saturated rings. The molecule has 0 aliphatic heterocycles. The molecule has 3 heteroatoms. The number of pyridine rings is 1. The molecule has 0 saturated heterocycles. The van der Waals surface area contributed by atoms with Crippen molar-refractivity contribution in [1.29, 1.82) is 0 Å². The van der Waals surface area contributed by atoms with Crippen LogP contribution in [0.5, 0.6) is 5.75 Å². The average Bonchev–Trinajstić information content (AvgIpc) is 2.30. The normalized spacial score (nSPS) is 10.5. The summed E-state index contributed by atoms with van der Waals surface area (Å²) >= 11 is 0. The molecule has 1 heterocycles. The van der Waals surface area contributed by atoms with Gasteiger partial charge in [0.2, 0.25) is 0 Å². The molecule has 2 aromatic rings. The molecule has 0 atom stereocenters. The van der Waals surface area contributed by atoms with Gasteiger partial charge in [0.05, 0.1) is 7.11 Å². The first-order chi connectivity index (χ1) is 7.36. The minimum Gasteiger partial charge on any atom is -0.494 e. The van der Waals surface area contributed by atoms with Crippen LogP contribution in [0.25, 0.3) is 10.9 Å². The molecule has 0 radical (unpaired) electrons. The summed E-state index contributed by atoms with van der Waals surface area (Å²) in [6.45, 7) is 0.149. The van der Waals surface area contributed by atoms with Gasteiger partial charge in [0.25, 0.3) is 0 Å². The van der Waals surface area contributed by atoms with Gasteiger partial charge in [-0.3, -0.25) is 4.98 Å². The van der Waals surface area contributed by atoms with Crippen LogP contribution in [0.2, 0.25) is 0 Å². The first-order valence-corrected chi connectivity index (χ1v) is 4.88. The lowest BCUT2D eigenvalue weighted by Gasteiger charge is -2.08. The fourth-order valence-corrected chi connectivity index (χ4v) is 1.71. The van der Waals surface area contributed by atoms with Crippen LogP contribution in [0, 0.1) is 0 Å². The standard InChI is InChI=1S/C12H13NO2/c1-15-11-5-4-9(6-8-14)10-3-2-7-13-12(10)11/h2-5,7,14H,6,8H2,1H3. The highest BCUT2D eigenvalue weighted by molar-refractivity contribution is 5.87. The van der Waals surface area contributed by atoms with Crippen LogP contribution in [0.4, 0.5) is 0 Å². The number of aromatic nitrogens is 1. The number of nitrogens with zero attached hydrogens (tertiary/aromatic N) is 1. The number of ether oxygens (including phenoxy) is 1. The predicted molar refractivity (Wildman–Crippen MR) is 59.1 cm³/mol. The van der Waals surface area contributed by atoms with Crippen molar-refractivity contribution >= 4 is 10.9 Å². The summed E-state index contributed by atoms with van der Waals surface area (Å²) in [5, 5.41) is 10.0. The van der Waals surface area contributed by atoms with E-state index < -0.39 is 0 Å². The zero-order chi connectivity index (χ0) is 10.7. The van der Waals surface area contributed by atoms with Gasteiger partial charge in [0, 0.05) is 18.2 Å². The smallest absolute Gasteiger partial charge is 0.145 e. The third-order valence-corrected chi connectivity index (χ3v) is 2.42. The molecule has 15 heavy (non-hydrogen) atoms. The zero-order valence-corrected chi connectivity index (χ0v) is 8.60. The van der Waals surface area contributed by atoms with Crippen molar-refractivity contribution in [2.75, 3.05) is 13.7 Å². The van der Waals surface area contributed by atoms with Crippen molar-refractivity contribution in [3.63, 3.8) is 0 Å². The number of hydrogen-bond donors (Lipinski definition) is 1. The lowest BCUT2D eigenvalue weighted by atomic mass is 10.1. The van der Waals surface area contributed by atoms with Gasteiger partial charge in [0.15, 0.2) is 0 Å². The molecule has 0 bridgehead atoms. The van der Waals surface area contributed by atoms with Gasteiger partial charge >= 0.3 is 0 Å². The van der Waals surface area contributed by atoms with E-state index in [1.54, 1.807) is 13.3 Å². The van der Waals surface area contributed by atoms with Gasteiger partial charge in [-0.2, -0.15) is 0 Å². The minimum absolute atomic E-state index is 0.149. The lowest BCUT2D eigenvalue weighted by Crippen LogP contribution is -1.95. The summed E-state index contributed by atoms with van der Waals surface area (Å²) in [6.07, 6.45) is 2.39. The first-order valence-electron chi connectivity index (χ1n) is 4.88. The second-order valence-corrected chi connectivity index (χ2v) is 3.30. The van der Waals surface area contributed by atoms with Crippen molar-refractivity contribution < 1.29 is 9.84 Å². The molecule has 3 nitrogen and oxygen atoms in total. The molecule has 1 aromatic carbocycles. The number of aliphatic hydroxyl groups excluding tert-OH is 1. The third kappa shape index (κ3) is 1.78. The molecule has 0 aliphatic carbocycles. The van der Waals surface area contributed by atoms with Crippen LogP contribution < -0.4 is 4.74 Å². The summed E-state index contributed by atoms with van der Waals surface area (Å²) in [6, 6.07) is 7.75. The Morgan fingerprint density at radius 3 is 2.93 bits per heavy atom. The van der Waals surface area contributed by atoms with E-state index >= 15 is 0 Å². The van der Waals surface area contributed by atoms with Crippen LogP contribution in [0.3, 0.4) is 0 Å². The Balaban J connectivity index is 2.66. The van der Waals surface area contributed by atoms with Gasteiger partial charge < -0.3 is 9.84 Å². The Morgan fingerprint density at radius 1 is 1.33 bits per heavy atom. The summed E-state index contributed by atoms with van der Waals surface area (Å²) in [5.74, 6) is 0.771. The van der Waals surface area contributed by atoms with Crippen molar-refractivity contribution in [3.05, 3.63) is 36.0 Å². The molecule has 0 spiro atoms. The minimum atomic E-state index is 0.149. The number of aliphatic hydroxyl groups is 1. The molecule has 0 unspecified atom stereocenters. The molecule has 1 N–H and O–H groups in total. The quantitative estimate of drug-likeness (QED) is 0.826. The number of methoxy groups -OCH3 is 1. The molecule has 0 aliphatic rings. The van der Waals surface area contributed by atoms with Gasteiger partial charge in [0.1, 0.15) is 11.3 Å². The Morgan fingerprint density at radius 2 is 2.20 bits per heavy atom. The maximum atomic E-state index is 8.95. The van der Waals surface area contributed by atoms with Gasteiger partial charge in [-0.25, -0.2) is 0 Å². The second-order valence-electron chi connectivity index (χ2n) is 3.30. The Bertz CT molecular complexity index is 468. The summed E-state index contributed by atoms with van der Waals surface area (Å²) < 4.78 is 5.24. The molecule has 0 saturated carbocycles. The van der Waals surface area contributed by atoms with Crippen molar-refractivity contribution in [2.45, 2.75) is 6.42 Å². The first kappa shape index (κ1) is 9.93. The van der Waals surface area contributed by atoms with Crippen LogP contribution in [-0.4, -0.2) is 23.8 Å². The summed E-state index contributed by atoms with van der Waals surface area (Å²) in [5.41, 5.74) is 1.95. The van der Waals surface area contributed by atoms with E-state index in [4.69, 9.17) is 9.84 Å². The molecule has 1 aromatic heterocycles. The van der Waals surface area contributed by atoms with Crippen molar-refractivity contribution in [2.24, 2.45) is 0 Å². The summed E-state index contributed by atoms with van der Waals surface area (Å²) in [4.78, 5) is 4.29. The largest absolute Gasteiger partial charge is 0.494 e. The van der Waals surface area contributed by atoms with E-state index in [9.17, 15) is 0 Å². The lowest BCUT2D eigenvalue weighted by molar-refractivity contribution is 0.300. The topological polar surface area (TPSA) is 42.4 Å². The fraction of sp³-hybridized carbons (Fsp3) is 0.250. The van der Waals surface area contributed by atoms with Gasteiger partial charge in [-0.1, -0.05) is 12.1 Å². The van der Waals surface area contributed by atoms with Crippen LogP contribution in [0.1, 0.15) is 5.56 Å². The van der Waals surface area contributed by atoms with Gasteiger partial charge in [-0.15, -0.1) is 0 Å². The SMILES string of the molecule is COc1ccc(CCO)c2cccnc12. The number of fused-ring (bicyclic) bond motifs is 1. The van der Waals surface area contributed by atoms with Crippen molar-refractivity contribution in [1.82, 2.24) is 4.98 Å². The fourth-order valence-electron chi connectivity index (χ4n) is 1.71. The highest BCUT2D eigenvalue weighted by Gasteiger charge is 2.06. The Hall–Kier alpha value is -1.61. The second kappa shape index (κ2) is 4.28.